The van der Waals surface area contributed by atoms with Crippen LogP contribution in [0.4, 0.5) is 0 Å². The van der Waals surface area contributed by atoms with Crippen LogP contribution in [0.2, 0.25) is 0 Å². The smallest absolute Gasteiger partial charge is 0.120 e. The second-order valence-electron chi connectivity index (χ2n) is 3.71. The number of benzene rings is 1. The molecule has 0 saturated heterocycles. The zero-order valence-corrected chi connectivity index (χ0v) is 9.69. The Morgan fingerprint density at radius 1 is 1.41 bits per heavy atom. The molecule has 2 aromatic rings. The zero-order valence-electron chi connectivity index (χ0n) is 9.69. The molecule has 0 aliphatic carbocycles. The number of aryl methyl sites for hydroxylation is 1. The van der Waals surface area contributed by atoms with Gasteiger partial charge in [-0.1, -0.05) is 0 Å². The zero-order chi connectivity index (χ0) is 12.4. The lowest BCUT2D eigenvalue weighted by molar-refractivity contribution is -0.254. The number of carbonyl (C=O) groups excluding carboxylic acids is 1. The molecule has 17 heavy (non-hydrogen) atoms. The highest BCUT2D eigenvalue weighted by atomic mass is 16.5. The second-order valence-corrected chi connectivity index (χ2v) is 3.71. The summed E-state index contributed by atoms with van der Waals surface area (Å²) in [6, 6.07) is 6.71. The van der Waals surface area contributed by atoms with E-state index in [1.165, 1.54) is 6.07 Å². The molecule has 0 amide bonds. The van der Waals surface area contributed by atoms with Crippen LogP contribution in [0.15, 0.2) is 24.3 Å². The van der Waals surface area contributed by atoms with E-state index in [1.54, 1.807) is 25.1 Å². The van der Waals surface area contributed by atoms with Crippen molar-refractivity contribution in [3.63, 3.8) is 0 Å². The van der Waals surface area contributed by atoms with Gasteiger partial charge in [0.2, 0.25) is 0 Å². The van der Waals surface area contributed by atoms with E-state index in [1.807, 2.05) is 6.92 Å². The van der Waals surface area contributed by atoms with Gasteiger partial charge < -0.3 is 14.6 Å². The predicted molar refractivity (Wildman–Crippen MR) is 62.0 cm³/mol. The van der Waals surface area contributed by atoms with Crippen LogP contribution in [0.25, 0.3) is 10.9 Å². The lowest BCUT2D eigenvalue weighted by Gasteiger charge is -2.10. The van der Waals surface area contributed by atoms with Crippen LogP contribution < -0.4 is 9.84 Å². The standard InChI is InChI=1S/C13H13NO3/c1-3-17-9-4-5-12-10(7-9)11(13(15)16)6-8(2)14-12/h4-7H,3H2,1-2H3,(H,15,16)/p-1. The van der Waals surface area contributed by atoms with Crippen LogP contribution >= 0.6 is 0 Å². The van der Waals surface area contributed by atoms with Gasteiger partial charge in [-0.3, -0.25) is 4.98 Å². The fraction of sp³-hybridized carbons (Fsp3) is 0.231. The van der Waals surface area contributed by atoms with E-state index < -0.39 is 5.97 Å². The Bertz CT molecular complexity index is 578. The van der Waals surface area contributed by atoms with Gasteiger partial charge in [0, 0.05) is 16.6 Å². The number of carbonyl (C=O) groups is 1. The summed E-state index contributed by atoms with van der Waals surface area (Å²) in [6.07, 6.45) is 0. The Morgan fingerprint density at radius 3 is 2.82 bits per heavy atom. The van der Waals surface area contributed by atoms with Crippen molar-refractivity contribution in [2.45, 2.75) is 13.8 Å². The molecule has 0 atom stereocenters. The van der Waals surface area contributed by atoms with E-state index in [4.69, 9.17) is 4.74 Å². The Kier molecular flexibility index (Phi) is 2.95. The number of carboxylic acid groups (broad SMARTS) is 1. The van der Waals surface area contributed by atoms with Crippen molar-refractivity contribution in [1.82, 2.24) is 4.98 Å². The molecule has 0 unspecified atom stereocenters. The SMILES string of the molecule is CCOc1ccc2nc(C)cc(C(=O)[O-])c2c1. The van der Waals surface area contributed by atoms with Gasteiger partial charge in [0.1, 0.15) is 5.75 Å². The van der Waals surface area contributed by atoms with Crippen molar-refractivity contribution < 1.29 is 14.6 Å². The Labute approximate surface area is 98.9 Å². The minimum absolute atomic E-state index is 0.147. The van der Waals surface area contributed by atoms with E-state index in [9.17, 15) is 9.90 Å². The molecule has 0 fully saturated rings. The fourth-order valence-corrected chi connectivity index (χ4v) is 1.76. The molecular formula is C13H12NO3-. The van der Waals surface area contributed by atoms with Gasteiger partial charge in [0.25, 0.3) is 0 Å². The molecule has 88 valence electrons. The summed E-state index contributed by atoms with van der Waals surface area (Å²) in [5.74, 6) is -0.567. The summed E-state index contributed by atoms with van der Waals surface area (Å²) < 4.78 is 5.34. The number of ether oxygens (including phenoxy) is 1. The first-order valence-corrected chi connectivity index (χ1v) is 5.37. The summed E-state index contributed by atoms with van der Waals surface area (Å²) in [4.78, 5) is 15.3. The minimum atomic E-state index is -1.20. The molecule has 0 aliphatic heterocycles. The number of aromatic carboxylic acids is 1. The van der Waals surface area contributed by atoms with Crippen molar-refractivity contribution in [3.8, 4) is 5.75 Å². The van der Waals surface area contributed by atoms with E-state index in [2.05, 4.69) is 4.98 Å². The van der Waals surface area contributed by atoms with Crippen LogP contribution in [-0.2, 0) is 0 Å². The highest BCUT2D eigenvalue weighted by molar-refractivity contribution is 6.02. The Morgan fingerprint density at radius 2 is 2.18 bits per heavy atom. The molecule has 2 rings (SSSR count). The average Bonchev–Trinajstić information content (AvgIpc) is 2.28. The molecule has 0 bridgehead atoms. The molecule has 0 saturated carbocycles. The number of fused-ring (bicyclic) bond motifs is 1. The lowest BCUT2D eigenvalue weighted by atomic mass is 10.1. The third-order valence-corrected chi connectivity index (χ3v) is 2.44. The Balaban J connectivity index is 2.69. The molecule has 0 aliphatic rings. The molecule has 4 heteroatoms. The van der Waals surface area contributed by atoms with Crippen molar-refractivity contribution in [1.29, 1.82) is 0 Å². The molecule has 1 aromatic heterocycles. The maximum atomic E-state index is 11.1. The predicted octanol–water partition coefficient (Wildman–Crippen LogP) is 1.31. The second kappa shape index (κ2) is 4.41. The monoisotopic (exact) mass is 230 g/mol. The van der Waals surface area contributed by atoms with Crippen LogP contribution in [0.5, 0.6) is 5.75 Å². The molecule has 4 nitrogen and oxygen atoms in total. The number of rotatable bonds is 3. The van der Waals surface area contributed by atoms with E-state index in [0.29, 0.717) is 29.0 Å². The third kappa shape index (κ3) is 2.20. The van der Waals surface area contributed by atoms with Crippen molar-refractivity contribution in [2.24, 2.45) is 0 Å². The quantitative estimate of drug-likeness (QED) is 0.797. The number of carboxylic acids is 1. The van der Waals surface area contributed by atoms with E-state index >= 15 is 0 Å². The third-order valence-electron chi connectivity index (χ3n) is 2.44. The molecule has 0 N–H and O–H groups in total. The van der Waals surface area contributed by atoms with Gasteiger partial charge in [-0.05, 0) is 38.1 Å². The van der Waals surface area contributed by atoms with Gasteiger partial charge in [-0.25, -0.2) is 0 Å². The van der Waals surface area contributed by atoms with Gasteiger partial charge in [-0.15, -0.1) is 0 Å². The van der Waals surface area contributed by atoms with Gasteiger partial charge in [0.15, 0.2) is 0 Å². The Hall–Kier alpha value is -2.10. The van der Waals surface area contributed by atoms with Gasteiger partial charge in [-0.2, -0.15) is 0 Å². The maximum Gasteiger partial charge on any atom is 0.120 e. The first-order valence-electron chi connectivity index (χ1n) is 5.37. The summed E-state index contributed by atoms with van der Waals surface area (Å²) in [6.45, 7) is 4.16. The van der Waals surface area contributed by atoms with Crippen molar-refractivity contribution in [3.05, 3.63) is 35.5 Å². The first kappa shape index (κ1) is 11.4. The van der Waals surface area contributed by atoms with Crippen molar-refractivity contribution >= 4 is 16.9 Å². The number of nitrogens with zero attached hydrogens (tertiary/aromatic N) is 1. The summed E-state index contributed by atoms with van der Waals surface area (Å²) in [5, 5.41) is 11.6. The summed E-state index contributed by atoms with van der Waals surface area (Å²) in [7, 11) is 0. The highest BCUT2D eigenvalue weighted by Crippen LogP contribution is 2.23. The largest absolute Gasteiger partial charge is 0.545 e. The topological polar surface area (TPSA) is 62.2 Å². The summed E-state index contributed by atoms with van der Waals surface area (Å²) in [5.41, 5.74) is 1.43. The maximum absolute atomic E-state index is 11.1. The fourth-order valence-electron chi connectivity index (χ4n) is 1.76. The minimum Gasteiger partial charge on any atom is -0.545 e. The number of hydrogen-bond donors (Lipinski definition) is 0. The normalized spacial score (nSPS) is 10.5. The average molecular weight is 230 g/mol. The molecule has 1 aromatic carbocycles. The van der Waals surface area contributed by atoms with Gasteiger partial charge >= 0.3 is 0 Å². The number of aromatic nitrogens is 1. The van der Waals surface area contributed by atoms with Crippen LogP contribution in [0, 0.1) is 6.92 Å². The first-order chi connectivity index (χ1) is 8.11. The highest BCUT2D eigenvalue weighted by Gasteiger charge is 2.06. The number of hydrogen-bond acceptors (Lipinski definition) is 4. The molecule has 0 spiro atoms. The van der Waals surface area contributed by atoms with E-state index in [-0.39, 0.29) is 5.56 Å². The van der Waals surface area contributed by atoms with E-state index in [0.717, 1.165) is 0 Å². The number of pyridine rings is 1. The molecule has 1 heterocycles. The lowest BCUT2D eigenvalue weighted by Crippen LogP contribution is -2.22. The van der Waals surface area contributed by atoms with Gasteiger partial charge in [0.05, 0.1) is 18.1 Å². The summed E-state index contributed by atoms with van der Waals surface area (Å²) >= 11 is 0. The van der Waals surface area contributed by atoms with Crippen molar-refractivity contribution in [2.75, 3.05) is 6.61 Å². The van der Waals surface area contributed by atoms with Crippen LogP contribution in [0.3, 0.4) is 0 Å². The molecular weight excluding hydrogens is 218 g/mol. The van der Waals surface area contributed by atoms with Crippen LogP contribution in [-0.4, -0.2) is 17.6 Å². The molecule has 0 radical (unpaired) electrons. The van der Waals surface area contributed by atoms with Crippen LogP contribution in [0.1, 0.15) is 23.0 Å².